The number of aromatic nitrogens is 3. The largest absolute Gasteiger partial charge is 3.00 e. The second-order valence-corrected chi connectivity index (χ2v) is 8.07. The Balaban J connectivity index is 0.000000167. The van der Waals surface area contributed by atoms with Crippen molar-refractivity contribution in [1.82, 2.24) is 18.9 Å². The Morgan fingerprint density at radius 2 is 1.60 bits per heavy atom. The zero-order chi connectivity index (χ0) is 22.9. The molecule has 0 N–H and O–H groups in total. The van der Waals surface area contributed by atoms with Crippen LogP contribution < -0.4 is 4.90 Å². The molecule has 5 nitrogen and oxygen atoms in total. The third kappa shape index (κ3) is 4.23. The summed E-state index contributed by atoms with van der Waals surface area (Å²) in [5, 5.41) is 2.38. The van der Waals surface area contributed by atoms with E-state index >= 15 is 0 Å². The van der Waals surface area contributed by atoms with Crippen LogP contribution in [0.4, 0.5) is 5.69 Å². The van der Waals surface area contributed by atoms with Gasteiger partial charge >= 0.3 is 20.1 Å². The fourth-order valence-corrected chi connectivity index (χ4v) is 4.30. The SMILES string of the molecule is CN1C=CN(c2[c-]cccc2)[CH-]1.[Ir+3].[c-]1ccc2ccccc2c1-n1c2ccccc2n2ccnc12. The van der Waals surface area contributed by atoms with Gasteiger partial charge in [-0.2, -0.15) is 55.2 Å². The summed E-state index contributed by atoms with van der Waals surface area (Å²) in [6.45, 7) is 2.01. The Labute approximate surface area is 217 Å². The van der Waals surface area contributed by atoms with E-state index in [1.165, 1.54) is 10.8 Å². The predicted molar refractivity (Wildman–Crippen MR) is 137 cm³/mol. The molecule has 0 saturated heterocycles. The molecular formula is C29H22IrN5. The molecule has 1 aliphatic heterocycles. The molecule has 0 unspecified atom stereocenters. The van der Waals surface area contributed by atoms with Crippen LogP contribution in [-0.4, -0.2) is 25.9 Å². The summed E-state index contributed by atoms with van der Waals surface area (Å²) in [6, 6.07) is 35.3. The smallest absolute Gasteiger partial charge is 0.510 e. The third-order valence-corrected chi connectivity index (χ3v) is 5.87. The van der Waals surface area contributed by atoms with Crippen molar-refractivity contribution in [3.63, 3.8) is 0 Å². The number of hydrogen-bond acceptors (Lipinski definition) is 3. The van der Waals surface area contributed by atoms with Gasteiger partial charge < -0.3 is 14.4 Å². The molecule has 7 rings (SSSR count). The molecule has 6 aromatic rings. The number of rotatable bonds is 2. The first-order valence-corrected chi connectivity index (χ1v) is 11.1. The van der Waals surface area contributed by atoms with Crippen molar-refractivity contribution in [3.05, 3.63) is 129 Å². The maximum Gasteiger partial charge on any atom is 3.00 e. The number of imidazole rings is 2. The monoisotopic (exact) mass is 633 g/mol. The standard InChI is InChI=1S/C19H12N3.C10H10N2.Ir/c1-2-8-15-14(6-1)7-5-11-16(15)22-18-10-4-3-9-17(18)21-13-12-20-19(21)22;1-11-7-8-12(9-11)10-5-3-2-4-6-10;/h1-10,12-13H;2-5,7-9H,1H3;/q-1;-2;+3. The van der Waals surface area contributed by atoms with Gasteiger partial charge in [0.2, 0.25) is 5.78 Å². The van der Waals surface area contributed by atoms with E-state index in [9.17, 15) is 0 Å². The summed E-state index contributed by atoms with van der Waals surface area (Å²) < 4.78 is 4.29. The number of para-hydroxylation sites is 3. The molecule has 172 valence electrons. The van der Waals surface area contributed by atoms with Crippen LogP contribution in [-0.2, 0) is 20.1 Å². The predicted octanol–water partition coefficient (Wildman–Crippen LogP) is 6.06. The molecule has 0 atom stereocenters. The van der Waals surface area contributed by atoms with Gasteiger partial charge in [-0.3, -0.25) is 4.40 Å². The van der Waals surface area contributed by atoms with E-state index < -0.39 is 0 Å². The Morgan fingerprint density at radius 1 is 0.800 bits per heavy atom. The van der Waals surface area contributed by atoms with E-state index in [-0.39, 0.29) is 20.1 Å². The van der Waals surface area contributed by atoms with Crippen LogP contribution in [0.25, 0.3) is 33.3 Å². The quantitative estimate of drug-likeness (QED) is 0.218. The summed E-state index contributed by atoms with van der Waals surface area (Å²) in [7, 11) is 2.00. The van der Waals surface area contributed by atoms with Gasteiger partial charge in [0.25, 0.3) is 0 Å². The van der Waals surface area contributed by atoms with E-state index in [0.29, 0.717) is 0 Å². The zero-order valence-electron chi connectivity index (χ0n) is 19.0. The summed E-state index contributed by atoms with van der Waals surface area (Å²) in [4.78, 5) is 8.57. The molecule has 0 aliphatic carbocycles. The van der Waals surface area contributed by atoms with E-state index in [1.54, 1.807) is 0 Å². The van der Waals surface area contributed by atoms with Gasteiger partial charge in [-0.15, -0.1) is 22.5 Å². The van der Waals surface area contributed by atoms with Crippen LogP contribution in [0.5, 0.6) is 0 Å². The van der Waals surface area contributed by atoms with Crippen molar-refractivity contribution in [2.45, 2.75) is 0 Å². The zero-order valence-corrected chi connectivity index (χ0v) is 21.4. The summed E-state index contributed by atoms with van der Waals surface area (Å²) in [5.74, 6) is 0.911. The molecule has 6 heteroatoms. The molecule has 1 aliphatic rings. The Hall–Kier alpha value is -3.86. The Morgan fingerprint density at radius 3 is 2.40 bits per heavy atom. The summed E-state index contributed by atoms with van der Waals surface area (Å²) in [5.41, 5.74) is 4.39. The Kier molecular flexibility index (Phi) is 6.40. The second kappa shape index (κ2) is 9.79. The van der Waals surface area contributed by atoms with Crippen LogP contribution in [0.1, 0.15) is 0 Å². The van der Waals surface area contributed by atoms with Crippen molar-refractivity contribution >= 4 is 33.3 Å². The molecule has 0 saturated carbocycles. The summed E-state index contributed by atoms with van der Waals surface area (Å²) >= 11 is 0. The van der Waals surface area contributed by atoms with E-state index in [1.807, 2.05) is 78.6 Å². The minimum atomic E-state index is 0. The van der Waals surface area contributed by atoms with Crippen LogP contribution in [0, 0.1) is 18.8 Å². The van der Waals surface area contributed by atoms with Crippen molar-refractivity contribution in [2.75, 3.05) is 11.9 Å². The van der Waals surface area contributed by atoms with Crippen LogP contribution in [0.15, 0.2) is 110 Å². The van der Waals surface area contributed by atoms with E-state index in [2.05, 4.69) is 80.7 Å². The van der Waals surface area contributed by atoms with Gasteiger partial charge in [-0.1, -0.05) is 36.0 Å². The number of hydrogen-bond donors (Lipinski definition) is 0. The van der Waals surface area contributed by atoms with Crippen molar-refractivity contribution in [3.8, 4) is 5.69 Å². The van der Waals surface area contributed by atoms with Crippen molar-refractivity contribution in [2.24, 2.45) is 0 Å². The molecule has 0 spiro atoms. The molecule has 0 fully saturated rings. The molecule has 3 heterocycles. The van der Waals surface area contributed by atoms with Crippen molar-refractivity contribution < 1.29 is 20.1 Å². The van der Waals surface area contributed by atoms with Crippen LogP contribution in [0.2, 0.25) is 0 Å². The van der Waals surface area contributed by atoms with E-state index in [0.717, 1.165) is 28.2 Å². The molecule has 0 bridgehead atoms. The molecule has 2 aromatic heterocycles. The average molecular weight is 633 g/mol. The summed E-state index contributed by atoms with van der Waals surface area (Å²) in [6.07, 6.45) is 7.84. The topological polar surface area (TPSA) is 28.7 Å². The number of fused-ring (bicyclic) bond motifs is 4. The van der Waals surface area contributed by atoms with Crippen LogP contribution >= 0.6 is 0 Å². The number of anilines is 1. The van der Waals surface area contributed by atoms with Gasteiger partial charge in [0, 0.05) is 12.4 Å². The Bertz CT molecular complexity index is 1610. The molecule has 0 amide bonds. The minimum Gasteiger partial charge on any atom is -0.510 e. The molecule has 4 aromatic carbocycles. The fraction of sp³-hybridized carbons (Fsp3) is 0.0345. The first kappa shape index (κ1) is 22.9. The minimum absolute atomic E-state index is 0. The third-order valence-electron chi connectivity index (χ3n) is 5.87. The average Bonchev–Trinajstić information content (AvgIpc) is 3.61. The number of benzene rings is 4. The van der Waals surface area contributed by atoms with Gasteiger partial charge in [-0.05, 0) is 31.6 Å². The maximum absolute atomic E-state index is 4.54. The van der Waals surface area contributed by atoms with Gasteiger partial charge in [0.05, 0.1) is 11.0 Å². The first-order chi connectivity index (χ1) is 16.8. The van der Waals surface area contributed by atoms with Gasteiger partial charge in [-0.25, -0.2) is 4.98 Å². The van der Waals surface area contributed by atoms with Crippen molar-refractivity contribution in [1.29, 1.82) is 0 Å². The van der Waals surface area contributed by atoms with Gasteiger partial charge in [0.1, 0.15) is 0 Å². The second-order valence-electron chi connectivity index (χ2n) is 8.07. The fourth-order valence-electron chi connectivity index (χ4n) is 4.30. The molecular weight excluding hydrogens is 611 g/mol. The van der Waals surface area contributed by atoms with Crippen LogP contribution in [0.3, 0.4) is 0 Å². The number of nitrogens with zero attached hydrogens (tertiary/aromatic N) is 5. The normalized spacial score (nSPS) is 12.7. The molecule has 35 heavy (non-hydrogen) atoms. The molecule has 0 radical (unpaired) electrons. The van der Waals surface area contributed by atoms with E-state index in [4.69, 9.17) is 0 Å². The first-order valence-electron chi connectivity index (χ1n) is 11.1. The maximum atomic E-state index is 4.54. The van der Waals surface area contributed by atoms with Gasteiger partial charge in [0.15, 0.2) is 0 Å².